The van der Waals surface area contributed by atoms with Crippen LogP contribution in [-0.4, -0.2) is 33.1 Å². The van der Waals surface area contributed by atoms with E-state index in [-0.39, 0.29) is 11.8 Å². The van der Waals surface area contributed by atoms with E-state index in [0.29, 0.717) is 35.6 Å². The molecule has 2 N–H and O–H groups in total. The van der Waals surface area contributed by atoms with Crippen LogP contribution in [0.5, 0.6) is 0 Å². The molecule has 3 rings (SSSR count). The van der Waals surface area contributed by atoms with Gasteiger partial charge in [-0.3, -0.25) is 9.59 Å². The Kier molecular flexibility index (Phi) is 5.61. The highest BCUT2D eigenvalue weighted by molar-refractivity contribution is 6.05. The molecule has 0 fully saturated rings. The molecule has 2 amide bonds. The van der Waals surface area contributed by atoms with Crippen LogP contribution < -0.4 is 10.6 Å². The third kappa shape index (κ3) is 4.03. The van der Waals surface area contributed by atoms with Crippen LogP contribution in [0, 0.1) is 0 Å². The van der Waals surface area contributed by atoms with Gasteiger partial charge in [-0.1, -0.05) is 19.1 Å². The average molecular weight is 363 g/mol. The quantitative estimate of drug-likeness (QED) is 0.705. The molecular formula is C20H21N5O2. The molecule has 1 aromatic carbocycles. The predicted octanol–water partition coefficient (Wildman–Crippen LogP) is 2.83. The molecule has 138 valence electrons. The standard InChI is InChI=1S/C20H21N5O2/c1-3-17-16(13-23-25(17)18-10-5-6-11-22-18)20(27)24-15-9-7-8-14(12-15)19(26)21-4-2/h5-13H,3-4H2,1-2H3,(H,21,26)(H,24,27). The number of rotatable bonds is 6. The molecule has 0 aliphatic carbocycles. The number of amides is 2. The van der Waals surface area contributed by atoms with Gasteiger partial charge < -0.3 is 10.6 Å². The molecule has 0 radical (unpaired) electrons. The number of nitrogens with zero attached hydrogens (tertiary/aromatic N) is 3. The highest BCUT2D eigenvalue weighted by Crippen LogP contribution is 2.17. The first kappa shape index (κ1) is 18.3. The highest BCUT2D eigenvalue weighted by Gasteiger charge is 2.18. The maximum absolute atomic E-state index is 12.8. The van der Waals surface area contributed by atoms with Crippen LogP contribution in [0.1, 0.15) is 40.3 Å². The van der Waals surface area contributed by atoms with Gasteiger partial charge in [0.15, 0.2) is 5.82 Å². The Morgan fingerprint density at radius 1 is 1.07 bits per heavy atom. The number of nitrogens with one attached hydrogen (secondary N) is 2. The van der Waals surface area contributed by atoms with E-state index in [1.165, 1.54) is 6.20 Å². The Labute approximate surface area is 157 Å². The van der Waals surface area contributed by atoms with Crippen molar-refractivity contribution in [2.75, 3.05) is 11.9 Å². The maximum atomic E-state index is 12.8. The molecule has 0 aliphatic heterocycles. The number of hydrogen-bond acceptors (Lipinski definition) is 4. The van der Waals surface area contributed by atoms with Crippen LogP contribution in [0.4, 0.5) is 5.69 Å². The van der Waals surface area contributed by atoms with Crippen molar-refractivity contribution >= 4 is 17.5 Å². The van der Waals surface area contributed by atoms with Crippen molar-refractivity contribution < 1.29 is 9.59 Å². The lowest BCUT2D eigenvalue weighted by Crippen LogP contribution is -2.22. The second-order valence-electron chi connectivity index (χ2n) is 5.85. The van der Waals surface area contributed by atoms with Crippen LogP contribution in [-0.2, 0) is 6.42 Å². The second kappa shape index (κ2) is 8.27. The largest absolute Gasteiger partial charge is 0.352 e. The number of carbonyl (C=O) groups excluding carboxylic acids is 2. The van der Waals surface area contributed by atoms with E-state index in [1.807, 2.05) is 32.0 Å². The normalized spacial score (nSPS) is 10.4. The Bertz CT molecular complexity index is 950. The third-order valence-corrected chi connectivity index (χ3v) is 4.03. The van der Waals surface area contributed by atoms with E-state index >= 15 is 0 Å². The third-order valence-electron chi connectivity index (χ3n) is 4.03. The minimum absolute atomic E-state index is 0.175. The Morgan fingerprint density at radius 2 is 1.93 bits per heavy atom. The number of hydrogen-bond donors (Lipinski definition) is 2. The van der Waals surface area contributed by atoms with Crippen molar-refractivity contribution in [1.82, 2.24) is 20.1 Å². The van der Waals surface area contributed by atoms with E-state index in [0.717, 1.165) is 5.69 Å². The summed E-state index contributed by atoms with van der Waals surface area (Å²) in [4.78, 5) is 29.0. The molecule has 0 aliphatic rings. The molecule has 7 heteroatoms. The summed E-state index contributed by atoms with van der Waals surface area (Å²) in [5.41, 5.74) is 2.29. The van der Waals surface area contributed by atoms with E-state index < -0.39 is 0 Å². The SMILES string of the molecule is CCNC(=O)c1cccc(NC(=O)c2cnn(-c3ccccn3)c2CC)c1. The summed E-state index contributed by atoms with van der Waals surface area (Å²) >= 11 is 0. The fraction of sp³-hybridized carbons (Fsp3) is 0.200. The fourth-order valence-corrected chi connectivity index (χ4v) is 2.78. The van der Waals surface area contributed by atoms with E-state index in [1.54, 1.807) is 35.1 Å². The van der Waals surface area contributed by atoms with Crippen molar-refractivity contribution in [2.45, 2.75) is 20.3 Å². The van der Waals surface area contributed by atoms with Crippen molar-refractivity contribution in [3.8, 4) is 5.82 Å². The first-order valence-corrected chi connectivity index (χ1v) is 8.82. The molecule has 0 unspecified atom stereocenters. The minimum atomic E-state index is -0.276. The maximum Gasteiger partial charge on any atom is 0.259 e. The van der Waals surface area contributed by atoms with E-state index in [9.17, 15) is 9.59 Å². The van der Waals surface area contributed by atoms with Crippen molar-refractivity contribution in [1.29, 1.82) is 0 Å². The molecule has 2 aromatic heterocycles. The first-order chi connectivity index (χ1) is 13.1. The molecule has 0 saturated carbocycles. The number of aromatic nitrogens is 3. The lowest BCUT2D eigenvalue weighted by atomic mass is 10.1. The number of pyridine rings is 1. The average Bonchev–Trinajstić information content (AvgIpc) is 3.13. The van der Waals surface area contributed by atoms with Crippen LogP contribution in [0.25, 0.3) is 5.82 Å². The highest BCUT2D eigenvalue weighted by atomic mass is 16.2. The zero-order valence-electron chi connectivity index (χ0n) is 15.3. The van der Waals surface area contributed by atoms with Gasteiger partial charge >= 0.3 is 0 Å². The number of benzene rings is 1. The molecule has 0 saturated heterocycles. The lowest BCUT2D eigenvalue weighted by molar-refractivity contribution is 0.0954. The lowest BCUT2D eigenvalue weighted by Gasteiger charge is -2.09. The zero-order valence-corrected chi connectivity index (χ0v) is 15.3. The Morgan fingerprint density at radius 3 is 2.63 bits per heavy atom. The summed E-state index contributed by atoms with van der Waals surface area (Å²) in [5, 5.41) is 9.90. The second-order valence-corrected chi connectivity index (χ2v) is 5.85. The number of anilines is 1. The topological polar surface area (TPSA) is 88.9 Å². The van der Waals surface area contributed by atoms with Crippen LogP contribution in [0.2, 0.25) is 0 Å². The molecular weight excluding hydrogens is 342 g/mol. The van der Waals surface area contributed by atoms with Gasteiger partial charge in [-0.15, -0.1) is 0 Å². The summed E-state index contributed by atoms with van der Waals surface area (Å²) < 4.78 is 1.67. The summed E-state index contributed by atoms with van der Waals surface area (Å²) in [5.74, 6) is 0.208. The van der Waals surface area contributed by atoms with Gasteiger partial charge in [0.2, 0.25) is 0 Å². The molecule has 0 atom stereocenters. The smallest absolute Gasteiger partial charge is 0.259 e. The molecule has 0 bridgehead atoms. The van der Waals surface area contributed by atoms with Crippen molar-refractivity contribution in [3.63, 3.8) is 0 Å². The molecule has 3 aromatic rings. The zero-order chi connectivity index (χ0) is 19.2. The molecule has 7 nitrogen and oxygen atoms in total. The van der Waals surface area contributed by atoms with Gasteiger partial charge in [0.25, 0.3) is 11.8 Å². The summed E-state index contributed by atoms with van der Waals surface area (Å²) in [6.07, 6.45) is 3.85. The molecule has 2 heterocycles. The molecule has 27 heavy (non-hydrogen) atoms. The summed E-state index contributed by atoms with van der Waals surface area (Å²) in [6.45, 7) is 4.36. The van der Waals surface area contributed by atoms with Crippen LogP contribution in [0.3, 0.4) is 0 Å². The fourth-order valence-electron chi connectivity index (χ4n) is 2.78. The van der Waals surface area contributed by atoms with Crippen molar-refractivity contribution in [2.24, 2.45) is 0 Å². The first-order valence-electron chi connectivity index (χ1n) is 8.82. The summed E-state index contributed by atoms with van der Waals surface area (Å²) in [6, 6.07) is 12.4. The van der Waals surface area contributed by atoms with Gasteiger partial charge in [-0.2, -0.15) is 5.10 Å². The number of carbonyl (C=O) groups is 2. The summed E-state index contributed by atoms with van der Waals surface area (Å²) in [7, 11) is 0. The van der Waals surface area contributed by atoms with Crippen molar-refractivity contribution in [3.05, 3.63) is 71.7 Å². The van der Waals surface area contributed by atoms with Gasteiger partial charge in [-0.25, -0.2) is 9.67 Å². The minimum Gasteiger partial charge on any atom is -0.352 e. The monoisotopic (exact) mass is 363 g/mol. The van der Waals surface area contributed by atoms with Crippen LogP contribution in [0.15, 0.2) is 54.9 Å². The predicted molar refractivity (Wildman–Crippen MR) is 103 cm³/mol. The Balaban J connectivity index is 1.84. The van der Waals surface area contributed by atoms with Gasteiger partial charge in [-0.05, 0) is 43.7 Å². The molecule has 0 spiro atoms. The van der Waals surface area contributed by atoms with Gasteiger partial charge in [0.1, 0.15) is 0 Å². The Hall–Kier alpha value is -3.48. The van der Waals surface area contributed by atoms with Gasteiger partial charge in [0.05, 0.1) is 17.5 Å². The van der Waals surface area contributed by atoms with Crippen LogP contribution >= 0.6 is 0 Å². The van der Waals surface area contributed by atoms with Gasteiger partial charge in [0, 0.05) is 24.0 Å². The van der Waals surface area contributed by atoms with E-state index in [2.05, 4.69) is 20.7 Å². The van der Waals surface area contributed by atoms with E-state index in [4.69, 9.17) is 0 Å².